The first-order valence-electron chi connectivity index (χ1n) is 7.02. The van der Waals surface area contributed by atoms with Crippen LogP contribution in [0.2, 0.25) is 0 Å². The number of fused-ring (bicyclic) bond motifs is 1. The molecule has 0 aromatic carbocycles. The molecule has 1 saturated heterocycles. The van der Waals surface area contributed by atoms with Gasteiger partial charge in [-0.05, 0) is 18.2 Å². The maximum atomic E-state index is 10.7. The van der Waals surface area contributed by atoms with Crippen LogP contribution in [-0.2, 0) is 4.74 Å². The molecule has 23 heavy (non-hydrogen) atoms. The quantitative estimate of drug-likeness (QED) is 0.522. The summed E-state index contributed by atoms with van der Waals surface area (Å²) in [6.45, 7) is 2.81. The molecule has 0 radical (unpaired) electrons. The van der Waals surface area contributed by atoms with Crippen molar-refractivity contribution in [1.29, 1.82) is 0 Å². The van der Waals surface area contributed by atoms with E-state index in [1.54, 1.807) is 6.07 Å². The van der Waals surface area contributed by atoms with Crippen molar-refractivity contribution in [1.82, 2.24) is 19.8 Å². The standard InChI is InChI=1S/C13H12N6O4/c20-19(21)12-4-1-9(23-12)13-15-14-10-2-3-11(16-18(10)13)17-5-7-22-8-6-17/h1-4H,5-8H2. The van der Waals surface area contributed by atoms with Gasteiger partial charge in [0.05, 0.1) is 19.3 Å². The first-order chi connectivity index (χ1) is 11.2. The average molecular weight is 316 g/mol. The van der Waals surface area contributed by atoms with E-state index in [2.05, 4.69) is 20.2 Å². The van der Waals surface area contributed by atoms with Gasteiger partial charge in [-0.3, -0.25) is 10.1 Å². The van der Waals surface area contributed by atoms with Crippen LogP contribution in [0, 0.1) is 10.1 Å². The highest BCUT2D eigenvalue weighted by Crippen LogP contribution is 2.25. The van der Waals surface area contributed by atoms with E-state index in [0.29, 0.717) is 24.7 Å². The number of furan rings is 1. The van der Waals surface area contributed by atoms with Gasteiger partial charge in [0.25, 0.3) is 0 Å². The monoisotopic (exact) mass is 316 g/mol. The summed E-state index contributed by atoms with van der Waals surface area (Å²) in [6.07, 6.45) is 0. The number of nitrogens with zero attached hydrogens (tertiary/aromatic N) is 6. The fourth-order valence-corrected chi connectivity index (χ4v) is 2.44. The van der Waals surface area contributed by atoms with Gasteiger partial charge in [-0.1, -0.05) is 0 Å². The van der Waals surface area contributed by atoms with Crippen molar-refractivity contribution < 1.29 is 14.1 Å². The molecule has 1 aliphatic heterocycles. The Morgan fingerprint density at radius 2 is 1.96 bits per heavy atom. The minimum Gasteiger partial charge on any atom is -0.397 e. The first-order valence-corrected chi connectivity index (χ1v) is 7.02. The normalized spacial score (nSPS) is 15.2. The summed E-state index contributed by atoms with van der Waals surface area (Å²) in [4.78, 5) is 12.2. The van der Waals surface area contributed by atoms with Crippen molar-refractivity contribution in [2.45, 2.75) is 0 Å². The van der Waals surface area contributed by atoms with Crippen LogP contribution in [-0.4, -0.2) is 51.0 Å². The van der Waals surface area contributed by atoms with Gasteiger partial charge in [-0.2, -0.15) is 4.52 Å². The van der Waals surface area contributed by atoms with Crippen LogP contribution in [0.1, 0.15) is 0 Å². The van der Waals surface area contributed by atoms with Gasteiger partial charge in [-0.15, -0.1) is 15.3 Å². The summed E-state index contributed by atoms with van der Waals surface area (Å²) in [5.41, 5.74) is 0.538. The molecule has 0 saturated carbocycles. The van der Waals surface area contributed by atoms with E-state index < -0.39 is 4.92 Å². The van der Waals surface area contributed by atoms with Crippen molar-refractivity contribution in [3.63, 3.8) is 0 Å². The highest BCUT2D eigenvalue weighted by atomic mass is 16.6. The van der Waals surface area contributed by atoms with Crippen molar-refractivity contribution in [2.75, 3.05) is 31.2 Å². The predicted octanol–water partition coefficient (Wildman–Crippen LogP) is 1.13. The zero-order valence-electron chi connectivity index (χ0n) is 12.0. The number of rotatable bonds is 3. The maximum absolute atomic E-state index is 10.7. The van der Waals surface area contributed by atoms with Gasteiger partial charge in [-0.25, -0.2) is 0 Å². The molecule has 10 nitrogen and oxygen atoms in total. The summed E-state index contributed by atoms with van der Waals surface area (Å²) in [6, 6.07) is 6.43. The molecule has 0 N–H and O–H groups in total. The molecule has 0 aliphatic carbocycles. The van der Waals surface area contributed by atoms with Gasteiger partial charge in [0.15, 0.2) is 11.4 Å². The third-order valence-electron chi connectivity index (χ3n) is 3.58. The number of aromatic nitrogens is 4. The summed E-state index contributed by atoms with van der Waals surface area (Å²) in [7, 11) is 0. The number of hydrogen-bond donors (Lipinski definition) is 0. The predicted molar refractivity (Wildman–Crippen MR) is 78.2 cm³/mol. The highest BCUT2D eigenvalue weighted by molar-refractivity contribution is 5.56. The Bertz CT molecular complexity index is 866. The molecule has 1 aliphatic rings. The fourth-order valence-electron chi connectivity index (χ4n) is 2.44. The Labute approximate surface area is 129 Å². The van der Waals surface area contributed by atoms with Crippen molar-refractivity contribution >= 4 is 17.3 Å². The van der Waals surface area contributed by atoms with E-state index in [1.807, 2.05) is 6.07 Å². The molecule has 0 unspecified atom stereocenters. The molecule has 3 aromatic rings. The molecule has 0 bridgehead atoms. The van der Waals surface area contributed by atoms with Crippen molar-refractivity contribution in [3.05, 3.63) is 34.4 Å². The van der Waals surface area contributed by atoms with E-state index in [-0.39, 0.29) is 11.6 Å². The van der Waals surface area contributed by atoms with E-state index in [4.69, 9.17) is 9.15 Å². The fraction of sp³-hybridized carbons (Fsp3) is 0.308. The van der Waals surface area contributed by atoms with Gasteiger partial charge in [0.2, 0.25) is 5.82 Å². The average Bonchev–Trinajstić information content (AvgIpc) is 3.21. The Morgan fingerprint density at radius 1 is 1.13 bits per heavy atom. The lowest BCUT2D eigenvalue weighted by Crippen LogP contribution is -2.37. The molecule has 0 spiro atoms. The van der Waals surface area contributed by atoms with Gasteiger partial charge in [0, 0.05) is 13.1 Å². The Morgan fingerprint density at radius 3 is 2.70 bits per heavy atom. The molecule has 118 valence electrons. The van der Waals surface area contributed by atoms with Crippen molar-refractivity contribution in [2.24, 2.45) is 0 Å². The summed E-state index contributed by atoms with van der Waals surface area (Å²) >= 11 is 0. The lowest BCUT2D eigenvalue weighted by atomic mass is 10.4. The second-order valence-electron chi connectivity index (χ2n) is 4.98. The Kier molecular flexibility index (Phi) is 3.15. The molecule has 3 aromatic heterocycles. The zero-order valence-corrected chi connectivity index (χ0v) is 12.0. The summed E-state index contributed by atoms with van der Waals surface area (Å²) < 4.78 is 12.0. The van der Waals surface area contributed by atoms with Crippen LogP contribution in [0.15, 0.2) is 28.7 Å². The van der Waals surface area contributed by atoms with Crippen LogP contribution in [0.25, 0.3) is 17.2 Å². The third kappa shape index (κ3) is 2.38. The molecular weight excluding hydrogens is 304 g/mol. The zero-order chi connectivity index (χ0) is 15.8. The van der Waals surface area contributed by atoms with Crippen LogP contribution in [0.3, 0.4) is 0 Å². The lowest BCUT2D eigenvalue weighted by Gasteiger charge is -2.27. The van der Waals surface area contributed by atoms with Gasteiger partial charge in [0.1, 0.15) is 10.7 Å². The maximum Gasteiger partial charge on any atom is 0.433 e. The van der Waals surface area contributed by atoms with Crippen LogP contribution >= 0.6 is 0 Å². The van der Waals surface area contributed by atoms with Crippen LogP contribution in [0.4, 0.5) is 11.7 Å². The summed E-state index contributed by atoms with van der Waals surface area (Å²) in [5, 5.41) is 23.3. The number of hydrogen-bond acceptors (Lipinski definition) is 8. The number of anilines is 1. The lowest BCUT2D eigenvalue weighted by molar-refractivity contribution is -0.401. The molecule has 1 fully saturated rings. The van der Waals surface area contributed by atoms with Gasteiger partial charge >= 0.3 is 5.88 Å². The second kappa shape index (κ2) is 5.32. The van der Waals surface area contributed by atoms with E-state index in [1.165, 1.54) is 16.6 Å². The molecule has 4 rings (SSSR count). The van der Waals surface area contributed by atoms with E-state index in [9.17, 15) is 10.1 Å². The number of ether oxygens (including phenoxy) is 1. The Hall–Kier alpha value is -3.01. The number of morpholine rings is 1. The first kappa shape index (κ1) is 13.6. The minimum atomic E-state index is -0.598. The molecule has 10 heteroatoms. The van der Waals surface area contributed by atoms with E-state index in [0.717, 1.165) is 18.9 Å². The smallest absolute Gasteiger partial charge is 0.397 e. The summed E-state index contributed by atoms with van der Waals surface area (Å²) in [5.74, 6) is 0.989. The van der Waals surface area contributed by atoms with Crippen LogP contribution < -0.4 is 4.90 Å². The minimum absolute atomic E-state index is 0.246. The van der Waals surface area contributed by atoms with Gasteiger partial charge < -0.3 is 14.1 Å². The number of nitro groups is 1. The molecular formula is C13H12N6O4. The topological polar surface area (TPSA) is 112 Å². The van der Waals surface area contributed by atoms with E-state index >= 15 is 0 Å². The van der Waals surface area contributed by atoms with Crippen LogP contribution in [0.5, 0.6) is 0 Å². The molecule has 0 amide bonds. The second-order valence-corrected chi connectivity index (χ2v) is 4.98. The SMILES string of the molecule is O=[N+]([O-])c1ccc(-c2nnc3ccc(N4CCOCC4)nn23)o1. The Balaban J connectivity index is 1.76. The largest absolute Gasteiger partial charge is 0.433 e. The molecule has 0 atom stereocenters. The highest BCUT2D eigenvalue weighted by Gasteiger charge is 2.19. The third-order valence-corrected chi connectivity index (χ3v) is 3.58. The molecule has 4 heterocycles. The van der Waals surface area contributed by atoms with Crippen molar-refractivity contribution in [3.8, 4) is 11.6 Å².